The summed E-state index contributed by atoms with van der Waals surface area (Å²) in [7, 11) is 1.40. The summed E-state index contributed by atoms with van der Waals surface area (Å²) in [4.78, 5) is 12.2. The van der Waals surface area contributed by atoms with Crippen LogP contribution in [0.3, 0.4) is 0 Å². The molecule has 32 heavy (non-hydrogen) atoms. The van der Waals surface area contributed by atoms with E-state index in [2.05, 4.69) is 0 Å². The average molecular weight is 446 g/mol. The summed E-state index contributed by atoms with van der Waals surface area (Å²) in [6.07, 6.45) is -7.42. The molecule has 5 atom stereocenters. The van der Waals surface area contributed by atoms with Crippen molar-refractivity contribution in [3.05, 3.63) is 52.9 Å². The molecule has 0 aliphatic carbocycles. The number of phenols is 1. The average Bonchev–Trinajstić information content (AvgIpc) is 2.78. The fourth-order valence-electron chi connectivity index (χ4n) is 3.61. The van der Waals surface area contributed by atoms with Crippen LogP contribution in [0.15, 0.2) is 51.7 Å². The number of aliphatic hydroxyl groups is 4. The Hall–Kier alpha value is -3.15. The largest absolute Gasteiger partial charge is 0.508 e. The van der Waals surface area contributed by atoms with E-state index in [1.165, 1.54) is 37.4 Å². The predicted octanol–water partition coefficient (Wildman–Crippen LogP) is 0.353. The lowest BCUT2D eigenvalue weighted by Crippen LogP contribution is -2.60. The Morgan fingerprint density at radius 3 is 2.38 bits per heavy atom. The molecule has 2 heterocycles. The van der Waals surface area contributed by atoms with Gasteiger partial charge in [0.05, 0.1) is 19.1 Å². The van der Waals surface area contributed by atoms with Crippen molar-refractivity contribution in [2.75, 3.05) is 13.7 Å². The number of aliphatic hydroxyl groups excluding tert-OH is 4. The fraction of sp³-hybridized carbons (Fsp3) is 0.318. The Morgan fingerprint density at radius 1 is 1.00 bits per heavy atom. The molecular weight excluding hydrogens is 424 g/mol. The summed E-state index contributed by atoms with van der Waals surface area (Å²) in [6.45, 7) is -0.614. The van der Waals surface area contributed by atoms with Gasteiger partial charge in [-0.2, -0.15) is 0 Å². The van der Waals surface area contributed by atoms with E-state index in [1.54, 1.807) is 12.1 Å². The van der Waals surface area contributed by atoms with Crippen molar-refractivity contribution in [1.29, 1.82) is 0 Å². The molecule has 3 aromatic rings. The quantitative estimate of drug-likeness (QED) is 0.346. The van der Waals surface area contributed by atoms with Crippen molar-refractivity contribution >= 4 is 11.0 Å². The molecule has 1 aliphatic heterocycles. The topological polar surface area (TPSA) is 159 Å². The highest BCUT2D eigenvalue weighted by atomic mass is 16.7. The summed E-state index contributed by atoms with van der Waals surface area (Å²) >= 11 is 0. The minimum absolute atomic E-state index is 0.0421. The second-order valence-electron chi connectivity index (χ2n) is 7.34. The third-order valence-corrected chi connectivity index (χ3v) is 5.29. The molecule has 10 nitrogen and oxygen atoms in total. The molecule has 0 spiro atoms. The van der Waals surface area contributed by atoms with Gasteiger partial charge in [-0.3, -0.25) is 0 Å². The zero-order valence-corrected chi connectivity index (χ0v) is 16.9. The summed E-state index contributed by atoms with van der Waals surface area (Å²) in [5.41, 5.74) is 0.482. The normalized spacial score (nSPS) is 25.6. The highest BCUT2D eigenvalue weighted by Crippen LogP contribution is 2.39. The maximum atomic E-state index is 12.2. The molecule has 1 fully saturated rings. The van der Waals surface area contributed by atoms with E-state index >= 15 is 0 Å². The SMILES string of the molecule is COc1cc(O[C@H]2O[C@H](CO)[C@H](O)[C@H](O)[C@H]2O)c2c(-c3ccc(O)cc3)cc(=O)oc2c1. The number of benzene rings is 2. The lowest BCUT2D eigenvalue weighted by molar-refractivity contribution is -0.277. The number of aromatic hydroxyl groups is 1. The molecule has 4 rings (SSSR count). The van der Waals surface area contributed by atoms with Crippen LogP contribution in [0.2, 0.25) is 0 Å². The molecule has 1 aliphatic rings. The third-order valence-electron chi connectivity index (χ3n) is 5.29. The van der Waals surface area contributed by atoms with Gasteiger partial charge in [-0.15, -0.1) is 0 Å². The first-order chi connectivity index (χ1) is 15.3. The molecule has 5 N–H and O–H groups in total. The Labute approximate surface area is 181 Å². The van der Waals surface area contributed by atoms with Gasteiger partial charge < -0.3 is 44.2 Å². The lowest BCUT2D eigenvalue weighted by atomic mass is 9.99. The summed E-state index contributed by atoms with van der Waals surface area (Å²) in [5, 5.41) is 49.8. The lowest BCUT2D eigenvalue weighted by Gasteiger charge is -2.39. The van der Waals surface area contributed by atoms with Crippen LogP contribution in [0, 0.1) is 0 Å². The van der Waals surface area contributed by atoms with E-state index in [9.17, 15) is 30.3 Å². The van der Waals surface area contributed by atoms with Gasteiger partial charge in [0, 0.05) is 23.8 Å². The maximum absolute atomic E-state index is 12.2. The number of hydrogen-bond donors (Lipinski definition) is 5. The van der Waals surface area contributed by atoms with Crippen LogP contribution < -0.4 is 15.1 Å². The van der Waals surface area contributed by atoms with Crippen LogP contribution in [-0.4, -0.2) is 70.0 Å². The minimum atomic E-state index is -1.64. The standard InChI is InChI=1S/C22H22O10/c1-29-12-6-14-18(13(8-17(25)30-14)10-2-4-11(24)5-3-10)15(7-12)31-22-21(28)20(27)19(26)16(9-23)32-22/h2-8,16,19-24,26-28H,9H2,1H3/t16-,19+,20+,21-,22+/m1/s1. The molecule has 170 valence electrons. The van der Waals surface area contributed by atoms with Crippen LogP contribution in [-0.2, 0) is 4.74 Å². The van der Waals surface area contributed by atoms with Crippen LogP contribution >= 0.6 is 0 Å². The van der Waals surface area contributed by atoms with Crippen molar-refractivity contribution in [2.45, 2.75) is 30.7 Å². The van der Waals surface area contributed by atoms with Gasteiger partial charge in [0.25, 0.3) is 0 Å². The Morgan fingerprint density at radius 2 is 1.72 bits per heavy atom. The third kappa shape index (κ3) is 4.01. The number of methoxy groups -OCH3 is 1. The molecule has 10 heteroatoms. The minimum Gasteiger partial charge on any atom is -0.508 e. The molecule has 0 unspecified atom stereocenters. The number of rotatable bonds is 5. The van der Waals surface area contributed by atoms with Gasteiger partial charge in [-0.1, -0.05) is 12.1 Å². The Bertz CT molecular complexity index is 1150. The highest BCUT2D eigenvalue weighted by molar-refractivity contribution is 5.98. The van der Waals surface area contributed by atoms with Crippen LogP contribution in [0.4, 0.5) is 0 Å². The van der Waals surface area contributed by atoms with Crippen molar-refractivity contribution in [2.24, 2.45) is 0 Å². The van der Waals surface area contributed by atoms with Crippen LogP contribution in [0.5, 0.6) is 17.2 Å². The van der Waals surface area contributed by atoms with Crippen molar-refractivity contribution in [1.82, 2.24) is 0 Å². The molecule has 0 bridgehead atoms. The number of ether oxygens (including phenoxy) is 3. The second-order valence-corrected chi connectivity index (χ2v) is 7.34. The van der Waals surface area contributed by atoms with E-state index < -0.39 is 42.9 Å². The van der Waals surface area contributed by atoms with Gasteiger partial charge in [0.2, 0.25) is 6.29 Å². The summed E-state index contributed by atoms with van der Waals surface area (Å²) in [6, 6.07) is 10.3. The number of phenolic OH excluding ortho intramolecular Hbond substituents is 1. The smallest absolute Gasteiger partial charge is 0.336 e. The second kappa shape index (κ2) is 8.77. The van der Waals surface area contributed by atoms with Crippen molar-refractivity contribution in [3.63, 3.8) is 0 Å². The van der Waals surface area contributed by atoms with E-state index in [0.29, 0.717) is 16.5 Å². The van der Waals surface area contributed by atoms with Crippen LogP contribution in [0.1, 0.15) is 0 Å². The molecule has 0 saturated carbocycles. The zero-order valence-electron chi connectivity index (χ0n) is 16.9. The molecule has 0 radical (unpaired) electrons. The maximum Gasteiger partial charge on any atom is 0.336 e. The first kappa shape index (κ1) is 22.1. The number of fused-ring (bicyclic) bond motifs is 1. The van der Waals surface area contributed by atoms with E-state index in [-0.39, 0.29) is 22.8 Å². The molecule has 0 amide bonds. The first-order valence-electron chi connectivity index (χ1n) is 9.75. The molecule has 1 saturated heterocycles. The van der Waals surface area contributed by atoms with Gasteiger partial charge in [-0.25, -0.2) is 4.79 Å². The van der Waals surface area contributed by atoms with E-state index in [1.807, 2.05) is 0 Å². The monoisotopic (exact) mass is 446 g/mol. The summed E-state index contributed by atoms with van der Waals surface area (Å²) in [5.74, 6) is 0.416. The Kier molecular flexibility index (Phi) is 6.04. The zero-order chi connectivity index (χ0) is 23.0. The number of hydrogen-bond acceptors (Lipinski definition) is 10. The molecular formula is C22H22O10. The highest BCUT2D eigenvalue weighted by Gasteiger charge is 2.45. The van der Waals surface area contributed by atoms with Gasteiger partial charge in [0.15, 0.2) is 0 Å². The van der Waals surface area contributed by atoms with Crippen molar-refractivity contribution < 1.29 is 44.2 Å². The molecule has 1 aromatic heterocycles. The van der Waals surface area contributed by atoms with Gasteiger partial charge >= 0.3 is 5.63 Å². The molecule has 2 aromatic carbocycles. The predicted molar refractivity (Wildman–Crippen MR) is 111 cm³/mol. The Balaban J connectivity index is 1.86. The van der Waals surface area contributed by atoms with E-state index in [0.717, 1.165) is 0 Å². The van der Waals surface area contributed by atoms with Gasteiger partial charge in [0.1, 0.15) is 47.2 Å². The first-order valence-corrected chi connectivity index (χ1v) is 9.75. The van der Waals surface area contributed by atoms with Crippen LogP contribution in [0.25, 0.3) is 22.1 Å². The van der Waals surface area contributed by atoms with E-state index in [4.69, 9.17) is 18.6 Å². The summed E-state index contributed by atoms with van der Waals surface area (Å²) < 4.78 is 21.9. The van der Waals surface area contributed by atoms with Gasteiger partial charge in [-0.05, 0) is 17.7 Å². The fourth-order valence-corrected chi connectivity index (χ4v) is 3.61. The van der Waals surface area contributed by atoms with Crippen molar-refractivity contribution in [3.8, 4) is 28.4 Å².